The lowest BCUT2D eigenvalue weighted by Gasteiger charge is -2.23. The molecule has 0 atom stereocenters. The van der Waals surface area contributed by atoms with Crippen molar-refractivity contribution in [2.75, 3.05) is 0 Å². The van der Waals surface area contributed by atoms with Crippen molar-refractivity contribution in [1.29, 1.82) is 10.5 Å². The smallest absolute Gasteiger partial charge is 0.101 e. The summed E-state index contributed by atoms with van der Waals surface area (Å²) in [4.78, 5) is 9.61. The molecule has 0 aliphatic rings. The van der Waals surface area contributed by atoms with Crippen molar-refractivity contribution in [2.24, 2.45) is 10.8 Å². The number of aromatic nitrogens is 2. The van der Waals surface area contributed by atoms with E-state index in [1.54, 1.807) is 12.1 Å². The van der Waals surface area contributed by atoms with Crippen LogP contribution in [-0.2, 0) is 12.8 Å². The number of fused-ring (bicyclic) bond motifs is 1. The summed E-state index contributed by atoms with van der Waals surface area (Å²) in [6, 6.07) is 7.49. The molecule has 1 aromatic heterocycles. The molecule has 0 aliphatic heterocycles. The second kappa shape index (κ2) is 6.21. The van der Waals surface area contributed by atoms with Gasteiger partial charge < -0.3 is 0 Å². The summed E-state index contributed by atoms with van der Waals surface area (Å²) < 4.78 is 0. The van der Waals surface area contributed by atoms with Crippen LogP contribution in [0.15, 0.2) is 12.1 Å². The van der Waals surface area contributed by atoms with Crippen LogP contribution in [0.5, 0.6) is 0 Å². The second-order valence-corrected chi connectivity index (χ2v) is 8.70. The summed E-state index contributed by atoms with van der Waals surface area (Å²) in [5, 5.41) is 18.4. The minimum atomic E-state index is 0.0969. The van der Waals surface area contributed by atoms with Gasteiger partial charge in [0.1, 0.15) is 12.1 Å². The van der Waals surface area contributed by atoms with E-state index in [-0.39, 0.29) is 10.8 Å². The van der Waals surface area contributed by atoms with E-state index in [0.717, 1.165) is 24.2 Å². The predicted molar refractivity (Wildman–Crippen MR) is 95.3 cm³/mol. The molecule has 0 spiro atoms. The molecule has 0 N–H and O–H groups in total. The number of nitrogens with zero attached hydrogens (tertiary/aromatic N) is 4. The Kier molecular flexibility index (Phi) is 4.63. The fourth-order valence-corrected chi connectivity index (χ4v) is 2.65. The fourth-order valence-electron chi connectivity index (χ4n) is 2.65. The van der Waals surface area contributed by atoms with Gasteiger partial charge in [0.25, 0.3) is 0 Å². The van der Waals surface area contributed by atoms with Crippen LogP contribution in [0.1, 0.15) is 64.1 Å². The van der Waals surface area contributed by atoms with E-state index in [1.165, 1.54) is 0 Å². The molecule has 0 bridgehead atoms. The first-order chi connectivity index (χ1) is 11.0. The highest BCUT2D eigenvalue weighted by atomic mass is 14.8. The highest BCUT2D eigenvalue weighted by Gasteiger charge is 2.21. The molecule has 0 fully saturated rings. The zero-order valence-electron chi connectivity index (χ0n) is 15.4. The molecule has 2 aromatic rings. The molecule has 4 nitrogen and oxygen atoms in total. The summed E-state index contributed by atoms with van der Waals surface area (Å²) in [6.07, 6.45) is 1.65. The van der Waals surface area contributed by atoms with Crippen LogP contribution in [0.2, 0.25) is 0 Å². The Hall–Kier alpha value is -2.46. The van der Waals surface area contributed by atoms with E-state index in [4.69, 9.17) is 9.97 Å². The Bertz CT molecular complexity index is 780. The van der Waals surface area contributed by atoms with Crippen LogP contribution in [0.3, 0.4) is 0 Å². The quantitative estimate of drug-likeness (QED) is 0.813. The van der Waals surface area contributed by atoms with Gasteiger partial charge in [-0.3, -0.25) is 0 Å². The van der Waals surface area contributed by atoms with Crippen LogP contribution in [0.25, 0.3) is 11.0 Å². The molecular formula is C20H24N4. The molecule has 0 amide bonds. The van der Waals surface area contributed by atoms with E-state index in [1.807, 2.05) is 0 Å². The van der Waals surface area contributed by atoms with Crippen LogP contribution < -0.4 is 0 Å². The summed E-state index contributed by atoms with van der Waals surface area (Å²) in [6.45, 7) is 13.1. The van der Waals surface area contributed by atoms with E-state index in [9.17, 15) is 10.5 Å². The van der Waals surface area contributed by atoms with Crippen molar-refractivity contribution in [3.63, 3.8) is 0 Å². The number of hydrogen-bond donors (Lipinski definition) is 0. The molecule has 1 heterocycles. The van der Waals surface area contributed by atoms with Crippen molar-refractivity contribution in [2.45, 2.75) is 54.4 Å². The number of benzene rings is 1. The predicted octanol–water partition coefficient (Wildman–Crippen LogP) is 4.55. The van der Waals surface area contributed by atoms with Crippen LogP contribution in [-0.4, -0.2) is 9.97 Å². The van der Waals surface area contributed by atoms with Gasteiger partial charge in [-0.25, -0.2) is 9.97 Å². The van der Waals surface area contributed by atoms with Gasteiger partial charge in [-0.15, -0.1) is 0 Å². The lowest BCUT2D eigenvalue weighted by molar-refractivity contribution is 0.384. The van der Waals surface area contributed by atoms with Gasteiger partial charge in [0.2, 0.25) is 0 Å². The van der Waals surface area contributed by atoms with Crippen molar-refractivity contribution in [3.05, 3.63) is 34.6 Å². The number of nitriles is 2. The van der Waals surface area contributed by atoms with Gasteiger partial charge in [-0.1, -0.05) is 41.5 Å². The molecule has 2 rings (SSSR count). The first-order valence-electron chi connectivity index (χ1n) is 8.16. The first-order valence-corrected chi connectivity index (χ1v) is 8.16. The molecule has 4 heteroatoms. The topological polar surface area (TPSA) is 73.4 Å². The number of rotatable bonds is 2. The van der Waals surface area contributed by atoms with Gasteiger partial charge in [-0.05, 0) is 35.8 Å². The minimum absolute atomic E-state index is 0.0969. The van der Waals surface area contributed by atoms with E-state index >= 15 is 0 Å². The summed E-state index contributed by atoms with van der Waals surface area (Å²) >= 11 is 0. The molecule has 124 valence electrons. The highest BCUT2D eigenvalue weighted by molar-refractivity contribution is 5.79. The highest BCUT2D eigenvalue weighted by Crippen LogP contribution is 2.28. The lowest BCUT2D eigenvalue weighted by atomic mass is 9.85. The van der Waals surface area contributed by atoms with Gasteiger partial charge in [-0.2, -0.15) is 10.5 Å². The van der Waals surface area contributed by atoms with Gasteiger partial charge in [0.15, 0.2) is 0 Å². The lowest BCUT2D eigenvalue weighted by Crippen LogP contribution is -2.18. The SMILES string of the molecule is CC(C)(C)Cc1nc2cc(C#N)c(C#N)cc2nc1CC(C)(C)C. The molecule has 24 heavy (non-hydrogen) atoms. The maximum absolute atomic E-state index is 9.22. The molecule has 0 saturated heterocycles. The molecular weight excluding hydrogens is 296 g/mol. The standard InChI is InChI=1S/C20H24N4/c1-19(2,3)9-17-18(10-20(4,5)6)24-16-8-14(12-22)13(11-21)7-15(16)23-17/h7-8H,9-10H2,1-6H3. The third-order valence-corrected chi connectivity index (χ3v) is 3.60. The molecule has 0 aliphatic carbocycles. The van der Waals surface area contributed by atoms with E-state index in [0.29, 0.717) is 22.2 Å². The summed E-state index contributed by atoms with van der Waals surface area (Å²) in [7, 11) is 0. The molecule has 0 unspecified atom stereocenters. The minimum Gasteiger partial charge on any atom is -0.249 e. The average Bonchev–Trinajstić information content (AvgIpc) is 2.43. The Labute approximate surface area is 144 Å². The van der Waals surface area contributed by atoms with Crippen molar-refractivity contribution < 1.29 is 0 Å². The maximum Gasteiger partial charge on any atom is 0.101 e. The third kappa shape index (κ3) is 4.30. The zero-order chi connectivity index (χ0) is 18.1. The summed E-state index contributed by atoms with van der Waals surface area (Å²) in [5.74, 6) is 0. The Morgan fingerprint density at radius 2 is 1.08 bits per heavy atom. The van der Waals surface area contributed by atoms with Crippen LogP contribution in [0.4, 0.5) is 0 Å². The Morgan fingerprint density at radius 1 is 0.750 bits per heavy atom. The van der Waals surface area contributed by atoms with Gasteiger partial charge in [0, 0.05) is 0 Å². The normalized spacial score (nSPS) is 12.0. The zero-order valence-corrected chi connectivity index (χ0v) is 15.4. The third-order valence-electron chi connectivity index (χ3n) is 3.60. The molecule has 0 radical (unpaired) electrons. The molecule has 0 saturated carbocycles. The second-order valence-electron chi connectivity index (χ2n) is 8.70. The van der Waals surface area contributed by atoms with E-state index < -0.39 is 0 Å². The van der Waals surface area contributed by atoms with Crippen molar-refractivity contribution in [3.8, 4) is 12.1 Å². The van der Waals surface area contributed by atoms with Crippen molar-refractivity contribution >= 4 is 11.0 Å². The van der Waals surface area contributed by atoms with Crippen LogP contribution >= 0.6 is 0 Å². The molecule has 1 aromatic carbocycles. The Morgan fingerprint density at radius 3 is 1.33 bits per heavy atom. The van der Waals surface area contributed by atoms with Crippen LogP contribution in [0, 0.1) is 33.5 Å². The Balaban J connectivity index is 2.70. The van der Waals surface area contributed by atoms with Gasteiger partial charge >= 0.3 is 0 Å². The largest absolute Gasteiger partial charge is 0.249 e. The maximum atomic E-state index is 9.22. The monoisotopic (exact) mass is 320 g/mol. The summed E-state index contributed by atoms with van der Waals surface area (Å²) in [5.41, 5.74) is 4.23. The average molecular weight is 320 g/mol. The van der Waals surface area contributed by atoms with Crippen molar-refractivity contribution in [1.82, 2.24) is 9.97 Å². The number of hydrogen-bond acceptors (Lipinski definition) is 4. The van der Waals surface area contributed by atoms with Gasteiger partial charge in [0.05, 0.1) is 33.5 Å². The van der Waals surface area contributed by atoms with E-state index in [2.05, 4.69) is 53.7 Å². The first kappa shape index (κ1) is 17.9. The fraction of sp³-hybridized carbons (Fsp3) is 0.500.